The van der Waals surface area contributed by atoms with E-state index in [0.29, 0.717) is 5.69 Å². The highest BCUT2D eigenvalue weighted by Crippen LogP contribution is 2.62. The molecule has 43 heavy (non-hydrogen) atoms. The van der Waals surface area contributed by atoms with Gasteiger partial charge < -0.3 is 15.4 Å². The Kier molecular flexibility index (Phi) is 11.7. The molecule has 0 saturated carbocycles. The number of ether oxygens (including phenoxy) is 1. The van der Waals surface area contributed by atoms with Crippen molar-refractivity contribution in [3.05, 3.63) is 29.8 Å². The molecule has 0 aromatic heterocycles. The summed E-state index contributed by atoms with van der Waals surface area (Å²) < 4.78 is 203. The van der Waals surface area contributed by atoms with E-state index in [1.54, 1.807) is 6.92 Å². The number of benzene rings is 1. The van der Waals surface area contributed by atoms with E-state index in [9.17, 15) is 75.4 Å². The standard InChI is InChI=1S/C23H23F15N2O3/c1-2-43-15(41)12-40-16(42)13-6-8-14(9-7-13)39-11-5-3-4-10-17(24,25)18(26,27)19(28,29)20(30,31)21(32,33)22(34,35)23(36,37)38/h6-9,39H,2-5,10-12H2,1H3,(H,40,42). The summed E-state index contributed by atoms with van der Waals surface area (Å²) >= 11 is 0. The van der Waals surface area contributed by atoms with Gasteiger partial charge in [0, 0.05) is 24.2 Å². The molecule has 20 heteroatoms. The van der Waals surface area contributed by atoms with Gasteiger partial charge in [-0.05, 0) is 44.0 Å². The molecule has 248 valence electrons. The fourth-order valence-corrected chi connectivity index (χ4v) is 3.24. The Morgan fingerprint density at radius 2 is 1.16 bits per heavy atom. The third-order valence-electron chi connectivity index (χ3n) is 5.74. The average Bonchev–Trinajstić information content (AvgIpc) is 2.88. The van der Waals surface area contributed by atoms with Crippen molar-refractivity contribution in [3.8, 4) is 0 Å². The van der Waals surface area contributed by atoms with Gasteiger partial charge in [-0.25, -0.2) is 0 Å². The van der Waals surface area contributed by atoms with E-state index in [0.717, 1.165) is 0 Å². The van der Waals surface area contributed by atoms with Gasteiger partial charge in [0.2, 0.25) is 0 Å². The summed E-state index contributed by atoms with van der Waals surface area (Å²) in [4.78, 5) is 23.2. The number of amides is 1. The van der Waals surface area contributed by atoms with E-state index in [4.69, 9.17) is 0 Å². The Balaban J connectivity index is 2.74. The molecule has 0 radical (unpaired) electrons. The molecule has 1 aromatic rings. The zero-order valence-electron chi connectivity index (χ0n) is 21.7. The predicted molar refractivity (Wildman–Crippen MR) is 118 cm³/mol. The number of halogens is 15. The second-order valence-electron chi connectivity index (χ2n) is 8.88. The van der Waals surface area contributed by atoms with E-state index < -0.39 is 79.4 Å². The number of hydrogen-bond donors (Lipinski definition) is 2. The molecule has 0 unspecified atom stereocenters. The molecule has 1 amide bonds. The molecule has 1 rings (SSSR count). The van der Waals surface area contributed by atoms with Crippen LogP contribution in [0.1, 0.15) is 43.0 Å². The molecule has 0 spiro atoms. The first-order valence-electron chi connectivity index (χ1n) is 11.9. The largest absolute Gasteiger partial charge is 0.465 e. The van der Waals surface area contributed by atoms with Crippen molar-refractivity contribution in [1.29, 1.82) is 0 Å². The predicted octanol–water partition coefficient (Wildman–Crippen LogP) is 7.33. The van der Waals surface area contributed by atoms with Gasteiger partial charge in [-0.2, -0.15) is 65.9 Å². The van der Waals surface area contributed by atoms with Crippen molar-refractivity contribution in [2.75, 3.05) is 25.0 Å². The molecule has 0 aliphatic carbocycles. The highest BCUT2D eigenvalue weighted by molar-refractivity contribution is 5.96. The van der Waals surface area contributed by atoms with Crippen LogP contribution in [0.4, 0.5) is 71.5 Å². The molecule has 0 fully saturated rings. The summed E-state index contributed by atoms with van der Waals surface area (Å²) in [5.74, 6) is -47.7. The van der Waals surface area contributed by atoms with E-state index >= 15 is 0 Å². The summed E-state index contributed by atoms with van der Waals surface area (Å²) in [6.07, 6.45) is -11.8. The molecule has 0 aliphatic heterocycles. The van der Waals surface area contributed by atoms with E-state index in [1.807, 2.05) is 0 Å². The van der Waals surface area contributed by atoms with Gasteiger partial charge >= 0.3 is 47.7 Å². The minimum Gasteiger partial charge on any atom is -0.465 e. The first-order valence-corrected chi connectivity index (χ1v) is 11.9. The quantitative estimate of drug-likeness (QED) is 0.111. The van der Waals surface area contributed by atoms with Crippen LogP contribution in [-0.2, 0) is 9.53 Å². The molecule has 0 atom stereocenters. The number of rotatable bonds is 16. The lowest BCUT2D eigenvalue weighted by Crippen LogP contribution is -2.72. The Bertz CT molecular complexity index is 1090. The van der Waals surface area contributed by atoms with Gasteiger partial charge in [0.05, 0.1) is 6.61 Å². The smallest absolute Gasteiger partial charge is 0.460 e. The third-order valence-corrected chi connectivity index (χ3v) is 5.74. The Morgan fingerprint density at radius 3 is 1.65 bits per heavy atom. The molecule has 0 saturated heterocycles. The summed E-state index contributed by atoms with van der Waals surface area (Å²) in [6, 6.07) is 5.31. The maximum Gasteiger partial charge on any atom is 0.460 e. The molecular weight excluding hydrogens is 637 g/mol. The number of carbonyl (C=O) groups excluding carboxylic acids is 2. The minimum absolute atomic E-state index is 0.0939. The number of unbranched alkanes of at least 4 members (excludes halogenated alkanes) is 2. The third kappa shape index (κ3) is 7.71. The van der Waals surface area contributed by atoms with Crippen LogP contribution in [0.5, 0.6) is 0 Å². The highest BCUT2D eigenvalue weighted by atomic mass is 19.4. The van der Waals surface area contributed by atoms with Crippen molar-refractivity contribution < 1.29 is 80.2 Å². The van der Waals surface area contributed by atoms with E-state index in [-0.39, 0.29) is 25.1 Å². The summed E-state index contributed by atoms with van der Waals surface area (Å²) in [5.41, 5.74) is 0.442. The fourth-order valence-electron chi connectivity index (χ4n) is 3.24. The van der Waals surface area contributed by atoms with Gasteiger partial charge in [0.25, 0.3) is 5.91 Å². The number of hydrogen-bond acceptors (Lipinski definition) is 4. The van der Waals surface area contributed by atoms with Crippen LogP contribution in [0, 0.1) is 0 Å². The van der Waals surface area contributed by atoms with Crippen LogP contribution >= 0.6 is 0 Å². The van der Waals surface area contributed by atoms with Crippen molar-refractivity contribution in [2.24, 2.45) is 0 Å². The number of anilines is 1. The second-order valence-corrected chi connectivity index (χ2v) is 8.88. The van der Waals surface area contributed by atoms with Gasteiger partial charge in [-0.3, -0.25) is 9.59 Å². The Morgan fingerprint density at radius 1 is 0.674 bits per heavy atom. The molecule has 0 heterocycles. The molecule has 1 aromatic carbocycles. The van der Waals surface area contributed by atoms with Crippen molar-refractivity contribution in [2.45, 2.75) is 74.3 Å². The Labute approximate surface area is 233 Å². The molecule has 0 aliphatic rings. The molecule has 2 N–H and O–H groups in total. The van der Waals surface area contributed by atoms with Crippen molar-refractivity contribution >= 4 is 17.6 Å². The van der Waals surface area contributed by atoms with E-state index in [1.165, 1.54) is 24.3 Å². The normalized spacial score (nSPS) is 14.0. The van der Waals surface area contributed by atoms with Crippen molar-refractivity contribution in [3.63, 3.8) is 0 Å². The maximum atomic E-state index is 13.9. The van der Waals surface area contributed by atoms with Crippen LogP contribution < -0.4 is 10.6 Å². The molecule has 5 nitrogen and oxygen atoms in total. The summed E-state index contributed by atoms with van der Waals surface area (Å²) in [5, 5.41) is 4.96. The first-order chi connectivity index (χ1) is 19.3. The zero-order chi connectivity index (χ0) is 33.7. The fraction of sp³-hybridized carbons (Fsp3) is 0.652. The number of alkyl halides is 15. The Hall–Kier alpha value is -3.09. The average molecular weight is 660 g/mol. The maximum absolute atomic E-state index is 13.9. The highest BCUT2D eigenvalue weighted by Gasteiger charge is 2.93. The molecular formula is C23H23F15N2O3. The first kappa shape index (κ1) is 37.9. The monoisotopic (exact) mass is 660 g/mol. The van der Waals surface area contributed by atoms with E-state index in [2.05, 4.69) is 15.4 Å². The topological polar surface area (TPSA) is 67.4 Å². The van der Waals surface area contributed by atoms with Crippen LogP contribution in [0.2, 0.25) is 0 Å². The number of esters is 1. The van der Waals surface area contributed by atoms with Gasteiger partial charge in [0.15, 0.2) is 0 Å². The summed E-state index contributed by atoms with van der Waals surface area (Å²) in [7, 11) is 0. The van der Waals surface area contributed by atoms with Gasteiger partial charge in [-0.1, -0.05) is 6.42 Å². The lowest BCUT2D eigenvalue weighted by molar-refractivity contribution is -0.452. The SMILES string of the molecule is CCOC(=O)CNC(=O)c1ccc(NCCCCCC(F)(F)C(F)(F)C(F)(F)C(F)(F)C(F)(F)C(F)(F)C(F)(F)F)cc1. The van der Waals surface area contributed by atoms with Crippen LogP contribution in [0.25, 0.3) is 0 Å². The van der Waals surface area contributed by atoms with Gasteiger partial charge in [0.1, 0.15) is 6.54 Å². The van der Waals surface area contributed by atoms with Crippen molar-refractivity contribution in [1.82, 2.24) is 5.32 Å². The zero-order valence-corrected chi connectivity index (χ0v) is 21.7. The number of nitrogens with one attached hydrogen (secondary N) is 2. The van der Waals surface area contributed by atoms with Gasteiger partial charge in [-0.15, -0.1) is 0 Å². The summed E-state index contributed by atoms with van der Waals surface area (Å²) in [6.45, 7) is 1.15. The lowest BCUT2D eigenvalue weighted by atomic mass is 9.89. The van der Waals surface area contributed by atoms with Crippen LogP contribution in [-0.4, -0.2) is 73.3 Å². The lowest BCUT2D eigenvalue weighted by Gasteiger charge is -2.41. The minimum atomic E-state index is -8.28. The second kappa shape index (κ2) is 13.3. The molecule has 0 bridgehead atoms. The number of carbonyl (C=O) groups is 2. The van der Waals surface area contributed by atoms with Crippen LogP contribution in [0.15, 0.2) is 24.3 Å². The van der Waals surface area contributed by atoms with Crippen LogP contribution in [0.3, 0.4) is 0 Å².